The lowest BCUT2D eigenvalue weighted by molar-refractivity contribution is 0.298. The van der Waals surface area contributed by atoms with Gasteiger partial charge >= 0.3 is 0 Å². The fourth-order valence-corrected chi connectivity index (χ4v) is 2.26. The molecule has 0 amide bonds. The third-order valence-corrected chi connectivity index (χ3v) is 3.22. The Kier molecular flexibility index (Phi) is 3.72. The number of rotatable bonds is 3. The monoisotopic (exact) mass is 276 g/mol. The number of phenols is 1. The van der Waals surface area contributed by atoms with Gasteiger partial charge in [-0.15, -0.1) is 0 Å². The smallest absolute Gasteiger partial charge is 0.274 e. The molecular formula is C15H20N2O3. The van der Waals surface area contributed by atoms with Crippen LogP contribution in [0.3, 0.4) is 0 Å². The number of nitrogens with zero attached hydrogens (tertiary/aromatic N) is 1. The molecule has 0 fully saturated rings. The predicted molar refractivity (Wildman–Crippen MR) is 77.5 cm³/mol. The Balaban J connectivity index is 2.68. The minimum absolute atomic E-state index is 0.0341. The van der Waals surface area contributed by atoms with E-state index in [2.05, 4.69) is 5.10 Å². The van der Waals surface area contributed by atoms with Crippen LogP contribution < -0.4 is 5.56 Å². The van der Waals surface area contributed by atoms with Crippen LogP contribution in [0.5, 0.6) is 5.75 Å². The number of aliphatic hydroxyl groups excluding tert-OH is 1. The Bertz CT molecular complexity index is 662. The molecule has 2 rings (SSSR count). The molecule has 0 saturated carbocycles. The Hall–Kier alpha value is -2.01. The molecule has 1 aromatic heterocycles. The standard InChI is InChI=1S/C15H20N2O3/c1-15(2,3)13-10(8-9-18)14(20)17(16-13)11-6-4-5-7-12(11)19/h4-7,16,18-19H,8-9H2,1-3H3. The molecule has 0 aliphatic heterocycles. The van der Waals surface area contributed by atoms with Crippen LogP contribution in [0.4, 0.5) is 0 Å². The number of aromatic hydroxyl groups is 1. The van der Waals surface area contributed by atoms with E-state index in [9.17, 15) is 9.90 Å². The van der Waals surface area contributed by atoms with Crippen molar-refractivity contribution >= 4 is 0 Å². The van der Waals surface area contributed by atoms with Gasteiger partial charge < -0.3 is 10.2 Å². The molecule has 108 valence electrons. The quantitative estimate of drug-likeness (QED) is 0.798. The molecule has 5 nitrogen and oxygen atoms in total. The molecule has 20 heavy (non-hydrogen) atoms. The highest BCUT2D eigenvalue weighted by Crippen LogP contribution is 2.25. The van der Waals surface area contributed by atoms with Gasteiger partial charge in [0.15, 0.2) is 0 Å². The van der Waals surface area contributed by atoms with Crippen molar-refractivity contribution in [3.05, 3.63) is 45.9 Å². The van der Waals surface area contributed by atoms with Crippen LogP contribution in [0.1, 0.15) is 32.0 Å². The van der Waals surface area contributed by atoms with Gasteiger partial charge in [0.1, 0.15) is 11.4 Å². The number of hydrogen-bond donors (Lipinski definition) is 3. The highest BCUT2D eigenvalue weighted by Gasteiger charge is 2.25. The summed E-state index contributed by atoms with van der Waals surface area (Å²) in [7, 11) is 0. The van der Waals surface area contributed by atoms with Crippen molar-refractivity contribution in [1.82, 2.24) is 9.78 Å². The van der Waals surface area contributed by atoms with Crippen LogP contribution in [0.2, 0.25) is 0 Å². The fraction of sp³-hybridized carbons (Fsp3) is 0.400. The van der Waals surface area contributed by atoms with E-state index < -0.39 is 0 Å². The van der Waals surface area contributed by atoms with Gasteiger partial charge in [0, 0.05) is 29.7 Å². The van der Waals surface area contributed by atoms with Crippen molar-refractivity contribution < 1.29 is 10.2 Å². The third-order valence-electron chi connectivity index (χ3n) is 3.22. The summed E-state index contributed by atoms with van der Waals surface area (Å²) in [6.45, 7) is 5.90. The Morgan fingerprint density at radius 3 is 2.45 bits per heavy atom. The zero-order valence-corrected chi connectivity index (χ0v) is 12.0. The summed E-state index contributed by atoms with van der Waals surface area (Å²) in [6, 6.07) is 6.66. The van der Waals surface area contributed by atoms with E-state index >= 15 is 0 Å². The second-order valence-corrected chi connectivity index (χ2v) is 5.82. The average Bonchev–Trinajstić information content (AvgIpc) is 2.68. The molecule has 0 aliphatic carbocycles. The van der Waals surface area contributed by atoms with Gasteiger partial charge in [-0.05, 0) is 12.1 Å². The largest absolute Gasteiger partial charge is 0.506 e. The lowest BCUT2D eigenvalue weighted by atomic mass is 9.89. The molecular weight excluding hydrogens is 256 g/mol. The first-order valence-electron chi connectivity index (χ1n) is 6.60. The van der Waals surface area contributed by atoms with Gasteiger partial charge in [0.25, 0.3) is 5.56 Å². The molecule has 0 aliphatic rings. The van der Waals surface area contributed by atoms with Crippen molar-refractivity contribution in [1.29, 1.82) is 0 Å². The summed E-state index contributed by atoms with van der Waals surface area (Å²) in [5.41, 5.74) is 1.26. The molecule has 1 heterocycles. The second kappa shape index (κ2) is 5.17. The highest BCUT2D eigenvalue weighted by atomic mass is 16.3. The van der Waals surface area contributed by atoms with Crippen LogP contribution in [0.15, 0.2) is 29.1 Å². The first-order valence-corrected chi connectivity index (χ1v) is 6.60. The lowest BCUT2D eigenvalue weighted by Gasteiger charge is -2.18. The van der Waals surface area contributed by atoms with Gasteiger partial charge in [0.05, 0.1) is 0 Å². The Morgan fingerprint density at radius 1 is 1.25 bits per heavy atom. The molecule has 0 radical (unpaired) electrons. The Labute approximate surface area is 117 Å². The molecule has 0 spiro atoms. The van der Waals surface area contributed by atoms with Gasteiger partial charge in [-0.3, -0.25) is 9.89 Å². The predicted octanol–water partition coefficient (Wildman–Crippen LogP) is 1.70. The van der Waals surface area contributed by atoms with E-state index in [0.717, 1.165) is 5.69 Å². The molecule has 1 aromatic carbocycles. The highest BCUT2D eigenvalue weighted by molar-refractivity contribution is 5.45. The van der Waals surface area contributed by atoms with E-state index in [1.54, 1.807) is 18.2 Å². The molecule has 0 unspecified atom stereocenters. The van der Waals surface area contributed by atoms with Gasteiger partial charge in [-0.25, -0.2) is 4.68 Å². The maximum Gasteiger partial charge on any atom is 0.274 e. The van der Waals surface area contributed by atoms with Crippen LogP contribution in [0.25, 0.3) is 5.69 Å². The summed E-state index contributed by atoms with van der Waals surface area (Å²) >= 11 is 0. The van der Waals surface area contributed by atoms with E-state index in [1.165, 1.54) is 10.7 Å². The van der Waals surface area contributed by atoms with Crippen molar-refractivity contribution in [2.75, 3.05) is 6.61 Å². The SMILES string of the molecule is CC(C)(C)c1[nH]n(-c2ccccc2O)c(=O)c1CCO. The maximum absolute atomic E-state index is 12.5. The molecule has 2 aromatic rings. The normalized spacial score (nSPS) is 11.8. The number of hydrogen-bond acceptors (Lipinski definition) is 3. The first-order chi connectivity index (χ1) is 9.36. The summed E-state index contributed by atoms with van der Waals surface area (Å²) in [5.74, 6) is 0.0341. The minimum Gasteiger partial charge on any atom is -0.506 e. The number of phenolic OH excluding ortho intramolecular Hbond substituents is 1. The van der Waals surface area contributed by atoms with E-state index in [0.29, 0.717) is 17.7 Å². The van der Waals surface area contributed by atoms with Crippen LogP contribution in [-0.4, -0.2) is 26.6 Å². The molecule has 0 bridgehead atoms. The number of nitrogens with one attached hydrogen (secondary N) is 1. The van der Waals surface area contributed by atoms with Crippen molar-refractivity contribution in [3.63, 3.8) is 0 Å². The first kappa shape index (κ1) is 14.4. The van der Waals surface area contributed by atoms with E-state index in [1.807, 2.05) is 20.8 Å². The maximum atomic E-state index is 12.5. The van der Waals surface area contributed by atoms with Gasteiger partial charge in [0.2, 0.25) is 0 Å². The van der Waals surface area contributed by atoms with Crippen molar-refractivity contribution in [2.45, 2.75) is 32.6 Å². The van der Waals surface area contributed by atoms with E-state index in [-0.39, 0.29) is 23.3 Å². The molecule has 0 atom stereocenters. The minimum atomic E-state index is -0.251. The van der Waals surface area contributed by atoms with Crippen molar-refractivity contribution in [2.24, 2.45) is 0 Å². The van der Waals surface area contributed by atoms with E-state index in [4.69, 9.17) is 5.11 Å². The molecule has 5 heteroatoms. The topological polar surface area (TPSA) is 78.2 Å². The number of aromatic nitrogens is 2. The number of aromatic amines is 1. The zero-order valence-electron chi connectivity index (χ0n) is 12.0. The summed E-state index contributed by atoms with van der Waals surface area (Å²) < 4.78 is 1.33. The summed E-state index contributed by atoms with van der Waals surface area (Å²) in [4.78, 5) is 12.5. The Morgan fingerprint density at radius 2 is 1.90 bits per heavy atom. The second-order valence-electron chi connectivity index (χ2n) is 5.82. The summed E-state index contributed by atoms with van der Waals surface area (Å²) in [5, 5.41) is 22.1. The number of aliphatic hydroxyl groups is 1. The lowest BCUT2D eigenvalue weighted by Crippen LogP contribution is -2.19. The molecule has 3 N–H and O–H groups in total. The third kappa shape index (κ3) is 2.49. The zero-order chi connectivity index (χ0) is 14.9. The number of para-hydroxylation sites is 2. The number of benzene rings is 1. The van der Waals surface area contributed by atoms with Gasteiger partial charge in [-0.2, -0.15) is 0 Å². The van der Waals surface area contributed by atoms with Crippen LogP contribution in [0, 0.1) is 0 Å². The van der Waals surface area contributed by atoms with Crippen LogP contribution >= 0.6 is 0 Å². The number of H-pyrrole nitrogens is 1. The summed E-state index contributed by atoms with van der Waals surface area (Å²) in [6.07, 6.45) is 0.294. The van der Waals surface area contributed by atoms with Gasteiger partial charge in [-0.1, -0.05) is 32.9 Å². The fourth-order valence-electron chi connectivity index (χ4n) is 2.26. The average molecular weight is 276 g/mol. The van der Waals surface area contributed by atoms with Crippen LogP contribution in [-0.2, 0) is 11.8 Å². The molecule has 0 saturated heterocycles. The van der Waals surface area contributed by atoms with Crippen molar-refractivity contribution in [3.8, 4) is 11.4 Å².